The summed E-state index contributed by atoms with van der Waals surface area (Å²) < 4.78 is 40.9. The van der Waals surface area contributed by atoms with Crippen LogP contribution in [0.3, 0.4) is 0 Å². The molecule has 0 aliphatic rings. The molecule has 0 atom stereocenters. The van der Waals surface area contributed by atoms with Crippen LogP contribution in [0.15, 0.2) is 107 Å². The lowest BCUT2D eigenvalue weighted by molar-refractivity contribution is 0.234. The van der Waals surface area contributed by atoms with Gasteiger partial charge in [-0.2, -0.15) is 0 Å². The molecule has 0 fully saturated rings. The largest absolute Gasteiger partial charge is 0.490 e. The second-order valence-corrected chi connectivity index (χ2v) is 41.1. The molecule has 0 aliphatic carbocycles. The third kappa shape index (κ3) is 54.1. The van der Waals surface area contributed by atoms with Gasteiger partial charge in [-0.3, -0.25) is 9.98 Å². The first kappa shape index (κ1) is 114. The van der Waals surface area contributed by atoms with E-state index in [1.165, 1.54) is 398 Å². The molecular formula is C120H192N6O6S2. The normalized spacial score (nSPS) is 11.7. The smallest absolute Gasteiger partial charge is 0.203 e. The molecule has 0 unspecified atom stereocenters. The van der Waals surface area contributed by atoms with Gasteiger partial charge in [0.25, 0.3) is 0 Å². The number of ether oxygens (including phenoxy) is 6. The average Bonchev–Trinajstić information content (AvgIpc) is 1.39. The van der Waals surface area contributed by atoms with Gasteiger partial charge in [0.05, 0.1) is 51.0 Å². The molecule has 7 rings (SSSR count). The van der Waals surface area contributed by atoms with Crippen molar-refractivity contribution in [2.24, 2.45) is 9.98 Å². The minimum absolute atomic E-state index is 0.638. The molecule has 14 heteroatoms. The van der Waals surface area contributed by atoms with Crippen LogP contribution in [0.4, 0.5) is 11.4 Å². The number of hydrogen-bond acceptors (Lipinski definition) is 14. The van der Waals surface area contributed by atoms with Gasteiger partial charge in [0, 0.05) is 34.7 Å². The highest BCUT2D eigenvalue weighted by molar-refractivity contribution is 7.18. The van der Waals surface area contributed by atoms with E-state index in [1.54, 1.807) is 22.7 Å². The molecule has 0 radical (unpaired) electrons. The summed E-state index contributed by atoms with van der Waals surface area (Å²) in [6.45, 7) is 17.6. The highest BCUT2D eigenvalue weighted by atomic mass is 32.1. The highest BCUT2D eigenvalue weighted by Gasteiger charge is 2.23. The van der Waals surface area contributed by atoms with Gasteiger partial charge in [-0.1, -0.05) is 512 Å². The fourth-order valence-electron chi connectivity index (χ4n) is 18.1. The molecule has 12 nitrogen and oxygen atoms in total. The van der Waals surface area contributed by atoms with Crippen LogP contribution in [0.5, 0.6) is 34.5 Å². The minimum atomic E-state index is 0.638. The molecule has 0 N–H and O–H groups in total. The van der Waals surface area contributed by atoms with E-state index in [9.17, 15) is 0 Å². The van der Waals surface area contributed by atoms with E-state index >= 15 is 0 Å². The zero-order valence-electron chi connectivity index (χ0n) is 86.5. The first-order valence-electron chi connectivity index (χ1n) is 56.6. The lowest BCUT2D eigenvalue weighted by Gasteiger charge is -2.18. The Balaban J connectivity index is 0.980. The molecule has 0 bridgehead atoms. The Bertz CT molecular complexity index is 3590. The van der Waals surface area contributed by atoms with E-state index in [2.05, 4.69) is 139 Å². The number of nitrogens with zero attached hydrogens (tertiary/aromatic N) is 6. The van der Waals surface area contributed by atoms with Gasteiger partial charge in [0.15, 0.2) is 23.0 Å². The monoisotopic (exact) mass is 1880 g/mol. The Kier molecular flexibility index (Phi) is 68.4. The van der Waals surface area contributed by atoms with Crippen molar-refractivity contribution in [2.75, 3.05) is 39.6 Å². The summed E-state index contributed by atoms with van der Waals surface area (Å²) >= 11 is 3.19. The van der Waals surface area contributed by atoms with Crippen LogP contribution in [0.25, 0.3) is 42.3 Å². The zero-order valence-corrected chi connectivity index (χ0v) is 88.1. The average molecular weight is 1880 g/mol. The lowest BCUT2D eigenvalue weighted by atomic mass is 10.1. The summed E-state index contributed by atoms with van der Waals surface area (Å²) in [6.07, 6.45) is 97.8. The quantitative estimate of drug-likeness (QED) is 0.0268. The molecule has 5 aromatic carbocycles. The maximum atomic E-state index is 6.82. The maximum Gasteiger partial charge on any atom is 0.203 e. The van der Waals surface area contributed by atoms with Crippen LogP contribution in [-0.2, 0) is 0 Å². The van der Waals surface area contributed by atoms with E-state index in [-0.39, 0.29) is 0 Å². The Hall–Kier alpha value is -6.64. The van der Waals surface area contributed by atoms with Crippen molar-refractivity contribution in [1.82, 2.24) is 20.4 Å². The van der Waals surface area contributed by atoms with Crippen LogP contribution < -0.4 is 28.4 Å². The summed E-state index contributed by atoms with van der Waals surface area (Å²) in [5.41, 5.74) is 7.60. The standard InChI is InChI=1S/C120H192N6O6S2/c1-7-13-19-25-31-37-43-49-55-61-67-73-91-127-111-97-107(98-112(128-92-74-68-62-56-50-44-38-32-26-20-14-8-2)115(111)131-95-77-71-65-59-53-47-41-35-29-23-17-11-5)119-125-123-117(133-119)105-83-87-109(88-84-105)121-101-103-79-81-104(82-80-103)102-122-110-89-85-106(86-90-110)118-124-126-120(134-118)108-99-113(129-93-75-69-63-57-51-45-39-33-27-21-15-9-3)116(132-96-78-72-66-60-54-48-42-36-30-24-18-12-6)114(100-108)130-94-76-70-64-58-52-46-40-34-28-22-16-10-4/h79-90,97-102H,7-78,91-96H2,1-6H3. The Morgan fingerprint density at radius 2 is 0.358 bits per heavy atom. The number of hydrogen-bond donors (Lipinski definition) is 0. The molecule has 134 heavy (non-hydrogen) atoms. The lowest BCUT2D eigenvalue weighted by Crippen LogP contribution is -2.06. The predicted octanol–water partition coefficient (Wildman–Crippen LogP) is 40.0. The van der Waals surface area contributed by atoms with Crippen LogP contribution in [0, 0.1) is 0 Å². The topological polar surface area (TPSA) is 132 Å². The van der Waals surface area contributed by atoms with Crippen molar-refractivity contribution in [2.45, 2.75) is 504 Å². The fraction of sp³-hybridized carbons (Fsp3) is 0.700. The Morgan fingerprint density at radius 1 is 0.194 bits per heavy atom. The molecule has 0 amide bonds. The van der Waals surface area contributed by atoms with Crippen molar-refractivity contribution in [3.63, 3.8) is 0 Å². The van der Waals surface area contributed by atoms with Crippen LogP contribution in [0.1, 0.15) is 515 Å². The molecule has 0 aliphatic heterocycles. The van der Waals surface area contributed by atoms with E-state index in [1.807, 2.05) is 12.4 Å². The van der Waals surface area contributed by atoms with E-state index in [0.29, 0.717) is 39.6 Å². The van der Waals surface area contributed by atoms with Crippen LogP contribution in [-0.4, -0.2) is 72.5 Å². The molecule has 2 heterocycles. The van der Waals surface area contributed by atoms with Gasteiger partial charge >= 0.3 is 0 Å². The van der Waals surface area contributed by atoms with Gasteiger partial charge in [0.2, 0.25) is 11.5 Å². The predicted molar refractivity (Wildman–Crippen MR) is 582 cm³/mol. The van der Waals surface area contributed by atoms with Crippen molar-refractivity contribution >= 4 is 46.5 Å². The van der Waals surface area contributed by atoms with Crippen LogP contribution >= 0.6 is 22.7 Å². The Labute approximate surface area is 828 Å². The number of aromatic nitrogens is 4. The maximum absolute atomic E-state index is 6.82. The zero-order chi connectivity index (χ0) is 94.2. The van der Waals surface area contributed by atoms with Gasteiger partial charge in [-0.05, 0) is 122 Å². The van der Waals surface area contributed by atoms with E-state index in [0.717, 1.165) is 163 Å². The van der Waals surface area contributed by atoms with Gasteiger partial charge in [0.1, 0.15) is 20.0 Å². The molecule has 750 valence electrons. The van der Waals surface area contributed by atoms with Crippen molar-refractivity contribution < 1.29 is 28.4 Å². The highest BCUT2D eigenvalue weighted by Crippen LogP contribution is 2.46. The third-order valence-electron chi connectivity index (χ3n) is 26.8. The fourth-order valence-corrected chi connectivity index (χ4v) is 19.8. The SMILES string of the molecule is CCCCCCCCCCCCCCOc1cc(-c2nnc(-c3ccc(N=Cc4ccc(C=Nc5ccc(-c6nnc(-c7cc(OCCCCCCCCCCCCCC)c(OCCCCCCCCCCCCCC)c(OCCCCCCCCCCCCCC)c7)s6)cc5)cc4)cc3)s2)cc(OCCCCCCCCCCCCCC)c1OCCCCCCCCCCCCCC. The van der Waals surface area contributed by atoms with Gasteiger partial charge in [-0.25, -0.2) is 0 Å². The van der Waals surface area contributed by atoms with Gasteiger partial charge < -0.3 is 28.4 Å². The van der Waals surface area contributed by atoms with E-state index < -0.39 is 0 Å². The first-order valence-corrected chi connectivity index (χ1v) is 58.3. The van der Waals surface area contributed by atoms with Crippen molar-refractivity contribution in [1.29, 1.82) is 0 Å². The number of unbranched alkanes of at least 4 members (excludes halogenated alkanes) is 66. The summed E-state index contributed by atoms with van der Waals surface area (Å²) in [6, 6.07) is 33.5. The number of rotatable bonds is 92. The molecule has 0 saturated heterocycles. The van der Waals surface area contributed by atoms with Crippen molar-refractivity contribution in [3.05, 3.63) is 108 Å². The second kappa shape index (κ2) is 80.2. The second-order valence-electron chi connectivity index (χ2n) is 39.1. The molecule has 7 aromatic rings. The summed E-state index contributed by atoms with van der Waals surface area (Å²) in [5, 5.41) is 22.6. The number of benzene rings is 5. The molecular weight excluding hydrogens is 1690 g/mol. The summed E-state index contributed by atoms with van der Waals surface area (Å²) in [7, 11) is 0. The summed E-state index contributed by atoms with van der Waals surface area (Å²) in [4.78, 5) is 9.82. The van der Waals surface area contributed by atoms with E-state index in [4.69, 9.17) is 58.8 Å². The molecule has 0 spiro atoms. The number of aliphatic imine (C=N–C) groups is 2. The molecule has 0 saturated carbocycles. The Morgan fingerprint density at radius 3 is 0.545 bits per heavy atom. The first-order chi connectivity index (χ1) is 66.4. The summed E-state index contributed by atoms with van der Waals surface area (Å²) in [5.74, 6) is 4.48. The van der Waals surface area contributed by atoms with Gasteiger partial charge in [-0.15, -0.1) is 20.4 Å². The molecule has 2 aromatic heterocycles. The minimum Gasteiger partial charge on any atom is -0.490 e. The third-order valence-corrected chi connectivity index (χ3v) is 28.8. The van der Waals surface area contributed by atoms with Crippen LogP contribution in [0.2, 0.25) is 0 Å². The van der Waals surface area contributed by atoms with Crippen molar-refractivity contribution in [3.8, 4) is 76.8 Å².